The molecule has 0 bridgehead atoms. The Bertz CT molecular complexity index is 1340. The van der Waals surface area contributed by atoms with E-state index in [1.807, 2.05) is 54.6 Å². The number of hydrogen-bond donors (Lipinski definition) is 1. The summed E-state index contributed by atoms with van der Waals surface area (Å²) in [5, 5.41) is 2.96. The molecule has 2 atom stereocenters. The number of methoxy groups -OCH3 is 1. The van der Waals surface area contributed by atoms with E-state index in [2.05, 4.69) is 5.32 Å². The number of halogens is 3. The smallest absolute Gasteiger partial charge is 0.430 e. The molecule has 9 heteroatoms. The lowest BCUT2D eigenvalue weighted by Gasteiger charge is -2.50. The highest BCUT2D eigenvalue weighted by Crippen LogP contribution is 2.52. The van der Waals surface area contributed by atoms with Crippen molar-refractivity contribution in [3.8, 4) is 11.5 Å². The Labute approximate surface area is 231 Å². The number of amides is 2. The van der Waals surface area contributed by atoms with E-state index >= 15 is 0 Å². The van der Waals surface area contributed by atoms with Gasteiger partial charge in [-0.15, -0.1) is 0 Å². The van der Waals surface area contributed by atoms with Crippen LogP contribution in [0.3, 0.4) is 0 Å². The minimum absolute atomic E-state index is 0.0678. The van der Waals surface area contributed by atoms with E-state index in [4.69, 9.17) is 9.47 Å². The summed E-state index contributed by atoms with van der Waals surface area (Å²) in [7, 11) is 0.912. The monoisotopic (exact) mass is 552 g/mol. The number of para-hydroxylation sites is 2. The van der Waals surface area contributed by atoms with E-state index in [-0.39, 0.29) is 36.9 Å². The van der Waals surface area contributed by atoms with Gasteiger partial charge in [0, 0.05) is 50.2 Å². The van der Waals surface area contributed by atoms with Crippen molar-refractivity contribution in [1.29, 1.82) is 0 Å². The number of benzene rings is 3. The van der Waals surface area contributed by atoms with Crippen molar-refractivity contribution >= 4 is 11.8 Å². The number of alkyl halides is 3. The first kappa shape index (κ1) is 27.7. The minimum atomic E-state index is -4.98. The number of ether oxygens (including phenoxy) is 2. The number of likely N-dealkylation sites (tertiary alicyclic amines) is 1. The van der Waals surface area contributed by atoms with Crippen molar-refractivity contribution in [2.75, 3.05) is 26.7 Å². The van der Waals surface area contributed by atoms with Crippen molar-refractivity contribution in [2.24, 2.45) is 5.41 Å². The molecule has 0 saturated carbocycles. The van der Waals surface area contributed by atoms with Crippen LogP contribution >= 0.6 is 0 Å². The Morgan fingerprint density at radius 1 is 0.925 bits per heavy atom. The van der Waals surface area contributed by atoms with E-state index < -0.39 is 23.1 Å². The highest BCUT2D eigenvalue weighted by Gasteiger charge is 2.64. The summed E-state index contributed by atoms with van der Waals surface area (Å²) in [6.45, 7) is 0.507. The average molecular weight is 553 g/mol. The van der Waals surface area contributed by atoms with E-state index in [1.54, 1.807) is 6.07 Å². The van der Waals surface area contributed by atoms with E-state index in [0.29, 0.717) is 30.9 Å². The maximum Gasteiger partial charge on any atom is 0.430 e. The Morgan fingerprint density at radius 3 is 2.15 bits per heavy atom. The SMILES string of the molecule is CO[C@@](C(=O)N1CCC2(CC1)CC(=O)NCC2c1ccccc1Oc1ccccc1)(c1ccccc1)C(F)(F)F. The molecule has 2 fully saturated rings. The van der Waals surface area contributed by atoms with Gasteiger partial charge in [0.05, 0.1) is 0 Å². The number of piperidine rings is 2. The number of nitrogens with zero attached hydrogens (tertiary/aromatic N) is 1. The van der Waals surface area contributed by atoms with Crippen molar-refractivity contribution in [1.82, 2.24) is 10.2 Å². The van der Waals surface area contributed by atoms with Gasteiger partial charge >= 0.3 is 6.18 Å². The van der Waals surface area contributed by atoms with Crippen LogP contribution in [0.5, 0.6) is 11.5 Å². The first-order chi connectivity index (χ1) is 19.2. The summed E-state index contributed by atoms with van der Waals surface area (Å²) in [6.07, 6.45) is -4.03. The standard InChI is InChI=1S/C31H31F3N2O4/c1-39-30(31(32,33)34,22-10-4-2-5-11-22)28(38)36-18-16-29(17-19-36)20-27(37)35-21-25(29)24-14-8-9-15-26(24)40-23-12-6-3-7-13-23/h2-15,25H,16-21H2,1H3,(H,35,37)/t25?,30-/m1/s1. The molecule has 3 aromatic carbocycles. The molecule has 2 aliphatic rings. The van der Waals surface area contributed by atoms with Gasteiger partial charge in [-0.1, -0.05) is 66.7 Å². The quantitative estimate of drug-likeness (QED) is 0.420. The van der Waals surface area contributed by atoms with Crippen LogP contribution < -0.4 is 10.1 Å². The molecule has 2 heterocycles. The Morgan fingerprint density at radius 2 is 1.52 bits per heavy atom. The molecule has 0 aliphatic carbocycles. The second-order valence-electron chi connectivity index (χ2n) is 10.4. The molecule has 2 aliphatic heterocycles. The second-order valence-corrected chi connectivity index (χ2v) is 10.4. The summed E-state index contributed by atoms with van der Waals surface area (Å²) in [5.74, 6) is -0.0664. The van der Waals surface area contributed by atoms with Crippen LogP contribution in [0, 0.1) is 5.41 Å². The molecule has 6 nitrogen and oxygen atoms in total. The van der Waals surface area contributed by atoms with Gasteiger partial charge in [0.1, 0.15) is 11.5 Å². The summed E-state index contributed by atoms with van der Waals surface area (Å²) in [6, 6.07) is 24.0. The summed E-state index contributed by atoms with van der Waals surface area (Å²) in [5.41, 5.74) is -3.01. The Balaban J connectivity index is 1.43. The molecule has 3 aromatic rings. The third-order valence-electron chi connectivity index (χ3n) is 8.25. The molecule has 40 heavy (non-hydrogen) atoms. The molecule has 210 valence electrons. The summed E-state index contributed by atoms with van der Waals surface area (Å²) < 4.78 is 54.8. The molecule has 1 unspecified atom stereocenters. The summed E-state index contributed by atoms with van der Waals surface area (Å²) in [4.78, 5) is 27.5. The van der Waals surface area contributed by atoms with Gasteiger partial charge < -0.3 is 19.7 Å². The van der Waals surface area contributed by atoms with Crippen LogP contribution in [0.1, 0.15) is 36.3 Å². The van der Waals surface area contributed by atoms with Gasteiger partial charge in [0.2, 0.25) is 5.91 Å². The second kappa shape index (κ2) is 11.0. The fourth-order valence-corrected chi connectivity index (χ4v) is 6.16. The largest absolute Gasteiger partial charge is 0.457 e. The van der Waals surface area contributed by atoms with Crippen LogP contribution in [0.4, 0.5) is 13.2 Å². The summed E-state index contributed by atoms with van der Waals surface area (Å²) >= 11 is 0. The predicted octanol–water partition coefficient (Wildman–Crippen LogP) is 5.80. The van der Waals surface area contributed by atoms with Crippen molar-refractivity contribution in [2.45, 2.75) is 37.0 Å². The van der Waals surface area contributed by atoms with Gasteiger partial charge in [-0.3, -0.25) is 9.59 Å². The Hall–Kier alpha value is -3.85. The molecule has 5 rings (SSSR count). The predicted molar refractivity (Wildman–Crippen MR) is 143 cm³/mol. The first-order valence-electron chi connectivity index (χ1n) is 13.3. The van der Waals surface area contributed by atoms with Gasteiger partial charge in [0.15, 0.2) is 0 Å². The number of carbonyl (C=O) groups excluding carboxylic acids is 2. The van der Waals surface area contributed by atoms with Crippen molar-refractivity contribution in [3.63, 3.8) is 0 Å². The number of hydrogen-bond acceptors (Lipinski definition) is 4. The minimum Gasteiger partial charge on any atom is -0.457 e. The average Bonchev–Trinajstić information content (AvgIpc) is 2.95. The fraction of sp³-hybridized carbons (Fsp3) is 0.355. The molecule has 1 spiro atoms. The van der Waals surface area contributed by atoms with E-state index in [1.165, 1.54) is 29.2 Å². The molecule has 0 radical (unpaired) electrons. The lowest BCUT2D eigenvalue weighted by atomic mass is 9.62. The van der Waals surface area contributed by atoms with Crippen LogP contribution in [-0.2, 0) is 19.9 Å². The molecular formula is C31H31F3N2O4. The van der Waals surface area contributed by atoms with Crippen LogP contribution in [0.2, 0.25) is 0 Å². The molecular weight excluding hydrogens is 521 g/mol. The third-order valence-corrected chi connectivity index (χ3v) is 8.25. The maximum absolute atomic E-state index is 14.5. The molecule has 2 saturated heterocycles. The topological polar surface area (TPSA) is 67.9 Å². The lowest BCUT2D eigenvalue weighted by Crippen LogP contribution is -2.60. The number of nitrogens with one attached hydrogen (secondary N) is 1. The van der Waals surface area contributed by atoms with Crippen LogP contribution in [0.25, 0.3) is 0 Å². The van der Waals surface area contributed by atoms with Gasteiger partial charge in [-0.25, -0.2) is 0 Å². The highest BCUT2D eigenvalue weighted by molar-refractivity contribution is 5.88. The lowest BCUT2D eigenvalue weighted by molar-refractivity contribution is -0.271. The van der Waals surface area contributed by atoms with Crippen molar-refractivity contribution < 1.29 is 32.2 Å². The third kappa shape index (κ3) is 4.94. The number of rotatable bonds is 6. The number of carbonyl (C=O) groups is 2. The van der Waals surface area contributed by atoms with Gasteiger partial charge in [-0.2, -0.15) is 13.2 Å². The van der Waals surface area contributed by atoms with Gasteiger partial charge in [0.25, 0.3) is 11.5 Å². The molecule has 1 N–H and O–H groups in total. The fourth-order valence-electron chi connectivity index (χ4n) is 6.16. The van der Waals surface area contributed by atoms with Crippen molar-refractivity contribution in [3.05, 3.63) is 96.1 Å². The molecule has 0 aromatic heterocycles. The zero-order valence-corrected chi connectivity index (χ0v) is 22.1. The zero-order chi connectivity index (χ0) is 28.4. The normalized spacial score (nSPS) is 20.4. The van der Waals surface area contributed by atoms with Crippen LogP contribution in [-0.4, -0.2) is 49.6 Å². The molecule has 2 amide bonds. The zero-order valence-electron chi connectivity index (χ0n) is 22.1. The van der Waals surface area contributed by atoms with Gasteiger partial charge in [-0.05, 0) is 36.5 Å². The van der Waals surface area contributed by atoms with E-state index in [9.17, 15) is 22.8 Å². The first-order valence-corrected chi connectivity index (χ1v) is 13.3. The maximum atomic E-state index is 14.5. The highest BCUT2D eigenvalue weighted by atomic mass is 19.4. The van der Waals surface area contributed by atoms with E-state index in [0.717, 1.165) is 12.7 Å². The Kier molecular flexibility index (Phi) is 7.59. The van der Waals surface area contributed by atoms with Crippen LogP contribution in [0.15, 0.2) is 84.9 Å².